The molecule has 0 spiro atoms. The second-order valence-corrected chi connectivity index (χ2v) is 6.00. The van der Waals surface area contributed by atoms with E-state index in [4.69, 9.17) is 5.11 Å². The average Bonchev–Trinajstić information content (AvgIpc) is 2.30. The number of carbonyl (C=O) groups is 1. The van der Waals surface area contributed by atoms with Crippen LogP contribution in [0.1, 0.15) is 22.8 Å². The Labute approximate surface area is 112 Å². The molecule has 0 aliphatic rings. The van der Waals surface area contributed by atoms with Gasteiger partial charge in [-0.15, -0.1) is 0 Å². The van der Waals surface area contributed by atoms with Crippen LogP contribution in [0.2, 0.25) is 0 Å². The molecule has 0 aliphatic heterocycles. The Kier molecular flexibility index (Phi) is 5.31. The fraction of sp³-hybridized carbons (Fsp3) is 0.417. The number of aromatic carboxylic acids is 1. The van der Waals surface area contributed by atoms with Crippen LogP contribution in [-0.2, 0) is 10.0 Å². The molecule has 1 aromatic carbocycles. The quantitative estimate of drug-likeness (QED) is 0.696. The lowest BCUT2D eigenvalue weighted by Gasteiger charge is -2.10. The molecular formula is C12H18N2O4S. The van der Waals surface area contributed by atoms with Crippen molar-refractivity contribution >= 4 is 21.7 Å². The zero-order valence-electron chi connectivity index (χ0n) is 10.9. The van der Waals surface area contributed by atoms with E-state index in [1.165, 1.54) is 6.07 Å². The Morgan fingerprint density at radius 2 is 2.05 bits per heavy atom. The topological polar surface area (TPSA) is 95.5 Å². The summed E-state index contributed by atoms with van der Waals surface area (Å²) in [7, 11) is -3.24. The SMILES string of the molecule is CCNS(=O)(=O)CCNc1ccc(C(=O)O)cc1C. The number of hydrogen-bond donors (Lipinski definition) is 3. The summed E-state index contributed by atoms with van der Waals surface area (Å²) >= 11 is 0. The van der Waals surface area contributed by atoms with E-state index in [2.05, 4.69) is 10.0 Å². The van der Waals surface area contributed by atoms with E-state index >= 15 is 0 Å². The molecule has 0 radical (unpaired) electrons. The van der Waals surface area contributed by atoms with Crippen molar-refractivity contribution in [3.8, 4) is 0 Å². The predicted octanol–water partition coefficient (Wildman–Crippen LogP) is 1.04. The van der Waals surface area contributed by atoms with Gasteiger partial charge >= 0.3 is 5.97 Å². The number of hydrogen-bond acceptors (Lipinski definition) is 4. The fourth-order valence-corrected chi connectivity index (χ4v) is 2.56. The van der Waals surface area contributed by atoms with Gasteiger partial charge in [-0.1, -0.05) is 6.92 Å². The lowest BCUT2D eigenvalue weighted by atomic mass is 10.1. The number of carboxylic acid groups (broad SMARTS) is 1. The average molecular weight is 286 g/mol. The second-order valence-electron chi connectivity index (χ2n) is 4.08. The molecule has 1 aromatic rings. The summed E-state index contributed by atoms with van der Waals surface area (Å²) in [6, 6.07) is 4.67. The molecule has 0 heterocycles. The van der Waals surface area contributed by atoms with Crippen LogP contribution in [0.5, 0.6) is 0 Å². The molecule has 0 fully saturated rings. The summed E-state index contributed by atoms with van der Waals surface area (Å²) in [6.45, 7) is 4.13. The summed E-state index contributed by atoms with van der Waals surface area (Å²) in [5.74, 6) is -1.01. The molecule has 0 saturated carbocycles. The largest absolute Gasteiger partial charge is 0.478 e. The lowest BCUT2D eigenvalue weighted by molar-refractivity contribution is 0.0697. The highest BCUT2D eigenvalue weighted by molar-refractivity contribution is 7.89. The van der Waals surface area contributed by atoms with Crippen LogP contribution < -0.4 is 10.0 Å². The minimum absolute atomic E-state index is 0.0268. The van der Waals surface area contributed by atoms with Gasteiger partial charge in [-0.25, -0.2) is 17.9 Å². The van der Waals surface area contributed by atoms with E-state index in [0.29, 0.717) is 6.54 Å². The summed E-state index contributed by atoms with van der Waals surface area (Å²) in [4.78, 5) is 10.8. The van der Waals surface area contributed by atoms with Crippen molar-refractivity contribution in [2.45, 2.75) is 13.8 Å². The van der Waals surface area contributed by atoms with Crippen LogP contribution in [0, 0.1) is 6.92 Å². The molecular weight excluding hydrogens is 268 g/mol. The number of carboxylic acids is 1. The maximum absolute atomic E-state index is 11.4. The van der Waals surface area contributed by atoms with E-state index in [9.17, 15) is 13.2 Å². The Bertz CT molecular complexity index is 555. The molecule has 0 amide bonds. The van der Waals surface area contributed by atoms with Crippen LogP contribution >= 0.6 is 0 Å². The van der Waals surface area contributed by atoms with Gasteiger partial charge in [0.25, 0.3) is 0 Å². The number of anilines is 1. The third-order valence-electron chi connectivity index (χ3n) is 2.52. The van der Waals surface area contributed by atoms with Gasteiger partial charge in [-0.05, 0) is 30.7 Å². The summed E-state index contributed by atoms with van der Waals surface area (Å²) in [6.07, 6.45) is 0. The van der Waals surface area contributed by atoms with E-state index in [1.54, 1.807) is 26.0 Å². The molecule has 106 valence electrons. The van der Waals surface area contributed by atoms with Gasteiger partial charge < -0.3 is 10.4 Å². The first-order chi connectivity index (χ1) is 8.85. The molecule has 0 aliphatic carbocycles. The third-order valence-corrected chi connectivity index (χ3v) is 3.99. The van der Waals surface area contributed by atoms with Gasteiger partial charge in [-0.2, -0.15) is 0 Å². The van der Waals surface area contributed by atoms with E-state index < -0.39 is 16.0 Å². The van der Waals surface area contributed by atoms with Crippen molar-refractivity contribution < 1.29 is 18.3 Å². The zero-order chi connectivity index (χ0) is 14.5. The molecule has 0 unspecified atom stereocenters. The van der Waals surface area contributed by atoms with Crippen LogP contribution in [0.15, 0.2) is 18.2 Å². The molecule has 3 N–H and O–H groups in total. The Balaban J connectivity index is 2.62. The van der Waals surface area contributed by atoms with Crippen molar-refractivity contribution in [3.63, 3.8) is 0 Å². The van der Waals surface area contributed by atoms with Crippen molar-refractivity contribution in [2.75, 3.05) is 24.2 Å². The molecule has 0 aromatic heterocycles. The number of nitrogens with one attached hydrogen (secondary N) is 2. The summed E-state index contributed by atoms with van der Waals surface area (Å²) < 4.78 is 25.2. The van der Waals surface area contributed by atoms with Crippen molar-refractivity contribution in [1.82, 2.24) is 4.72 Å². The maximum Gasteiger partial charge on any atom is 0.335 e. The first-order valence-corrected chi connectivity index (χ1v) is 7.56. The standard InChI is InChI=1S/C12H18N2O4S/c1-3-14-19(17,18)7-6-13-11-5-4-10(12(15)16)8-9(11)2/h4-5,8,13-14H,3,6-7H2,1-2H3,(H,15,16). The van der Waals surface area contributed by atoms with Crippen LogP contribution in [-0.4, -0.2) is 38.3 Å². The lowest BCUT2D eigenvalue weighted by Crippen LogP contribution is -2.29. The molecule has 1 rings (SSSR count). The van der Waals surface area contributed by atoms with Gasteiger partial charge in [-0.3, -0.25) is 0 Å². The Hall–Kier alpha value is -1.60. The first-order valence-electron chi connectivity index (χ1n) is 5.91. The number of aryl methyl sites for hydroxylation is 1. The highest BCUT2D eigenvalue weighted by Gasteiger charge is 2.09. The van der Waals surface area contributed by atoms with Gasteiger partial charge in [0.2, 0.25) is 10.0 Å². The minimum atomic E-state index is -3.24. The van der Waals surface area contributed by atoms with Crippen molar-refractivity contribution in [3.05, 3.63) is 29.3 Å². The third kappa shape index (κ3) is 4.88. The minimum Gasteiger partial charge on any atom is -0.478 e. The van der Waals surface area contributed by atoms with Crippen LogP contribution in [0.3, 0.4) is 0 Å². The van der Waals surface area contributed by atoms with Gasteiger partial charge in [0.15, 0.2) is 0 Å². The maximum atomic E-state index is 11.4. The number of sulfonamides is 1. The van der Waals surface area contributed by atoms with Gasteiger partial charge in [0.1, 0.15) is 0 Å². The molecule has 7 heteroatoms. The summed E-state index contributed by atoms with van der Waals surface area (Å²) in [5.41, 5.74) is 1.71. The van der Waals surface area contributed by atoms with E-state index in [-0.39, 0.29) is 17.9 Å². The van der Waals surface area contributed by atoms with E-state index in [0.717, 1.165) is 11.3 Å². The van der Waals surface area contributed by atoms with E-state index in [1.807, 2.05) is 0 Å². The summed E-state index contributed by atoms with van der Waals surface area (Å²) in [5, 5.41) is 11.8. The number of rotatable bonds is 7. The van der Waals surface area contributed by atoms with Gasteiger partial charge in [0, 0.05) is 18.8 Å². The first kappa shape index (κ1) is 15.5. The normalized spacial score (nSPS) is 11.3. The molecule has 0 atom stereocenters. The number of benzene rings is 1. The molecule has 0 saturated heterocycles. The second kappa shape index (κ2) is 6.53. The molecule has 6 nitrogen and oxygen atoms in total. The smallest absolute Gasteiger partial charge is 0.335 e. The zero-order valence-corrected chi connectivity index (χ0v) is 11.8. The van der Waals surface area contributed by atoms with Crippen molar-refractivity contribution in [2.24, 2.45) is 0 Å². The predicted molar refractivity (Wildman–Crippen MR) is 74.1 cm³/mol. The molecule has 0 bridgehead atoms. The highest BCUT2D eigenvalue weighted by atomic mass is 32.2. The highest BCUT2D eigenvalue weighted by Crippen LogP contribution is 2.16. The fourth-order valence-electron chi connectivity index (χ4n) is 1.61. The van der Waals surface area contributed by atoms with Crippen LogP contribution in [0.25, 0.3) is 0 Å². The molecule has 19 heavy (non-hydrogen) atoms. The monoisotopic (exact) mass is 286 g/mol. The van der Waals surface area contributed by atoms with Gasteiger partial charge in [0.05, 0.1) is 11.3 Å². The Morgan fingerprint density at radius 3 is 2.58 bits per heavy atom. The van der Waals surface area contributed by atoms with Crippen LogP contribution in [0.4, 0.5) is 5.69 Å². The Morgan fingerprint density at radius 1 is 1.37 bits per heavy atom. The van der Waals surface area contributed by atoms with Crippen molar-refractivity contribution in [1.29, 1.82) is 0 Å².